The number of carbonyl (C=O) groups excluding carboxylic acids is 1. The van der Waals surface area contributed by atoms with Crippen LogP contribution in [0.4, 0.5) is 18.9 Å². The molecule has 9 heteroatoms. The molecular weight excluding hydrogens is 407 g/mol. The lowest BCUT2D eigenvalue weighted by Crippen LogP contribution is -2.39. The zero-order valence-electron chi connectivity index (χ0n) is 15.0. The van der Waals surface area contributed by atoms with Crippen LogP contribution in [0.25, 0.3) is 10.9 Å². The average Bonchev–Trinajstić information content (AvgIpc) is 2.68. The Kier molecular flexibility index (Phi) is 5.06. The summed E-state index contributed by atoms with van der Waals surface area (Å²) >= 11 is 5.79. The zero-order valence-corrected chi connectivity index (χ0v) is 15.7. The van der Waals surface area contributed by atoms with Crippen LogP contribution in [0.1, 0.15) is 11.3 Å². The standard InChI is InChI=1S/C20H15ClF3N3O2/c21-13-3-2-11-19(18(13)24)26-15-5-6-27(8-12(15)20(11)29)9-17(28)25-16-7-10(22)1-4-14(16)23/h1-4,7H,5-6,8-9H2,(H,25,28)(H,26,29). The number of aromatic nitrogens is 1. The van der Waals surface area contributed by atoms with Crippen LogP contribution in [0.15, 0.2) is 35.1 Å². The number of benzene rings is 2. The Morgan fingerprint density at radius 2 is 2.00 bits per heavy atom. The molecule has 2 N–H and O–H groups in total. The molecule has 1 aliphatic rings. The third-order valence-electron chi connectivity index (χ3n) is 4.88. The monoisotopic (exact) mass is 421 g/mol. The van der Waals surface area contributed by atoms with Crippen molar-refractivity contribution in [3.8, 4) is 0 Å². The van der Waals surface area contributed by atoms with Crippen molar-refractivity contribution >= 4 is 34.1 Å². The van der Waals surface area contributed by atoms with Gasteiger partial charge in [-0.15, -0.1) is 0 Å². The van der Waals surface area contributed by atoms with Crippen LogP contribution in [-0.4, -0.2) is 28.9 Å². The van der Waals surface area contributed by atoms with E-state index in [0.29, 0.717) is 24.2 Å². The molecule has 150 valence electrons. The number of halogens is 4. The van der Waals surface area contributed by atoms with Crippen LogP contribution < -0.4 is 10.7 Å². The molecule has 0 bridgehead atoms. The Hall–Kier alpha value is -2.84. The second-order valence-corrected chi connectivity index (χ2v) is 7.24. The van der Waals surface area contributed by atoms with E-state index in [-0.39, 0.29) is 40.1 Å². The molecule has 0 atom stereocenters. The first-order chi connectivity index (χ1) is 13.8. The van der Waals surface area contributed by atoms with Gasteiger partial charge in [-0.2, -0.15) is 0 Å². The third-order valence-corrected chi connectivity index (χ3v) is 5.18. The minimum absolute atomic E-state index is 0.0639. The summed E-state index contributed by atoms with van der Waals surface area (Å²) in [5.74, 6) is -2.62. The summed E-state index contributed by atoms with van der Waals surface area (Å²) < 4.78 is 41.2. The van der Waals surface area contributed by atoms with Gasteiger partial charge in [-0.1, -0.05) is 11.6 Å². The highest BCUT2D eigenvalue weighted by Gasteiger charge is 2.24. The summed E-state index contributed by atoms with van der Waals surface area (Å²) in [6.45, 7) is 0.488. The molecule has 3 aromatic rings. The van der Waals surface area contributed by atoms with Gasteiger partial charge in [-0.3, -0.25) is 14.5 Å². The summed E-state index contributed by atoms with van der Waals surface area (Å²) in [7, 11) is 0. The first kappa shape index (κ1) is 19.5. The molecule has 5 nitrogen and oxygen atoms in total. The fraction of sp³-hybridized carbons (Fsp3) is 0.200. The van der Waals surface area contributed by atoms with E-state index in [1.54, 1.807) is 4.90 Å². The number of aromatic amines is 1. The largest absolute Gasteiger partial charge is 0.355 e. The number of nitrogens with one attached hydrogen (secondary N) is 2. The second kappa shape index (κ2) is 7.53. The van der Waals surface area contributed by atoms with E-state index in [9.17, 15) is 22.8 Å². The lowest BCUT2D eigenvalue weighted by Gasteiger charge is -2.28. The van der Waals surface area contributed by atoms with Crippen molar-refractivity contribution in [2.75, 3.05) is 18.4 Å². The number of H-pyrrole nitrogens is 1. The highest BCUT2D eigenvalue weighted by atomic mass is 35.5. The summed E-state index contributed by atoms with van der Waals surface area (Å²) in [6, 6.07) is 5.56. The number of hydrogen-bond donors (Lipinski definition) is 2. The van der Waals surface area contributed by atoms with E-state index in [4.69, 9.17) is 11.6 Å². The SMILES string of the molecule is O=C(CN1CCc2[nH]c3c(F)c(Cl)ccc3c(=O)c2C1)Nc1cc(F)ccc1F. The number of rotatable bonds is 3. The highest BCUT2D eigenvalue weighted by Crippen LogP contribution is 2.24. The maximum absolute atomic E-state index is 14.2. The lowest BCUT2D eigenvalue weighted by molar-refractivity contribution is -0.117. The molecule has 1 amide bonds. The molecule has 1 aromatic heterocycles. The third kappa shape index (κ3) is 3.73. The van der Waals surface area contributed by atoms with Gasteiger partial charge in [0, 0.05) is 42.2 Å². The number of carbonyl (C=O) groups is 1. The first-order valence-electron chi connectivity index (χ1n) is 8.82. The first-order valence-corrected chi connectivity index (χ1v) is 9.20. The van der Waals surface area contributed by atoms with E-state index in [1.165, 1.54) is 12.1 Å². The van der Waals surface area contributed by atoms with Crippen molar-refractivity contribution in [2.45, 2.75) is 13.0 Å². The fourth-order valence-corrected chi connectivity index (χ4v) is 3.62. The van der Waals surface area contributed by atoms with E-state index < -0.39 is 23.4 Å². The molecule has 4 rings (SSSR count). The van der Waals surface area contributed by atoms with Gasteiger partial charge < -0.3 is 10.3 Å². The van der Waals surface area contributed by atoms with Crippen molar-refractivity contribution in [3.05, 3.63) is 74.3 Å². The minimum Gasteiger partial charge on any atom is -0.355 e. The molecule has 2 heterocycles. The van der Waals surface area contributed by atoms with E-state index >= 15 is 0 Å². The Morgan fingerprint density at radius 1 is 1.21 bits per heavy atom. The molecule has 0 spiro atoms. The van der Waals surface area contributed by atoms with E-state index in [1.807, 2.05) is 0 Å². The summed E-state index contributed by atoms with van der Waals surface area (Å²) in [4.78, 5) is 29.7. The van der Waals surface area contributed by atoms with E-state index in [2.05, 4.69) is 10.3 Å². The summed E-state index contributed by atoms with van der Waals surface area (Å²) in [6.07, 6.45) is 0.397. The Balaban J connectivity index is 1.55. The highest BCUT2D eigenvalue weighted by molar-refractivity contribution is 6.31. The van der Waals surface area contributed by atoms with Crippen molar-refractivity contribution in [1.82, 2.24) is 9.88 Å². The van der Waals surface area contributed by atoms with Crippen LogP contribution in [0.2, 0.25) is 5.02 Å². The number of hydrogen-bond acceptors (Lipinski definition) is 3. The Morgan fingerprint density at radius 3 is 2.79 bits per heavy atom. The van der Waals surface area contributed by atoms with E-state index in [0.717, 1.165) is 18.2 Å². The Labute approximate surface area is 168 Å². The molecular formula is C20H15ClF3N3O2. The topological polar surface area (TPSA) is 65.2 Å². The van der Waals surface area contributed by atoms with Crippen molar-refractivity contribution in [1.29, 1.82) is 0 Å². The maximum atomic E-state index is 14.2. The molecule has 0 radical (unpaired) electrons. The minimum atomic E-state index is -0.743. The van der Waals surface area contributed by atoms with Crippen molar-refractivity contribution < 1.29 is 18.0 Å². The van der Waals surface area contributed by atoms with Crippen LogP contribution >= 0.6 is 11.6 Å². The summed E-state index contributed by atoms with van der Waals surface area (Å²) in [5, 5.41) is 2.44. The van der Waals surface area contributed by atoms with Gasteiger partial charge in [0.05, 0.1) is 22.8 Å². The van der Waals surface area contributed by atoms with Gasteiger partial charge in [0.15, 0.2) is 11.2 Å². The lowest BCUT2D eigenvalue weighted by atomic mass is 10.0. The van der Waals surface area contributed by atoms with Crippen LogP contribution in [-0.2, 0) is 17.8 Å². The molecule has 0 aliphatic carbocycles. The maximum Gasteiger partial charge on any atom is 0.238 e. The number of anilines is 1. The molecule has 29 heavy (non-hydrogen) atoms. The number of nitrogens with zero attached hydrogens (tertiary/aromatic N) is 1. The summed E-state index contributed by atoms with van der Waals surface area (Å²) in [5.41, 5.74) is 0.523. The molecule has 0 saturated carbocycles. The van der Waals surface area contributed by atoms with Gasteiger partial charge in [-0.25, -0.2) is 13.2 Å². The predicted molar refractivity (Wildman–Crippen MR) is 104 cm³/mol. The molecule has 0 saturated heterocycles. The van der Waals surface area contributed by atoms with Crippen LogP contribution in [0.5, 0.6) is 0 Å². The van der Waals surface area contributed by atoms with Gasteiger partial charge in [0.25, 0.3) is 0 Å². The molecule has 1 aliphatic heterocycles. The number of amides is 1. The fourth-order valence-electron chi connectivity index (χ4n) is 3.46. The number of fused-ring (bicyclic) bond motifs is 2. The van der Waals surface area contributed by atoms with Crippen molar-refractivity contribution in [3.63, 3.8) is 0 Å². The zero-order chi connectivity index (χ0) is 20.7. The second-order valence-electron chi connectivity index (χ2n) is 6.83. The number of pyridine rings is 1. The molecule has 0 unspecified atom stereocenters. The predicted octanol–water partition coefficient (Wildman–Crippen LogP) is 3.60. The van der Waals surface area contributed by atoms with Gasteiger partial charge in [0.1, 0.15) is 11.6 Å². The van der Waals surface area contributed by atoms with Gasteiger partial charge in [-0.05, 0) is 24.3 Å². The van der Waals surface area contributed by atoms with Crippen LogP contribution in [0.3, 0.4) is 0 Å². The quantitative estimate of drug-likeness (QED) is 0.679. The molecule has 2 aromatic carbocycles. The van der Waals surface area contributed by atoms with Gasteiger partial charge >= 0.3 is 0 Å². The van der Waals surface area contributed by atoms with Crippen molar-refractivity contribution in [2.24, 2.45) is 0 Å². The van der Waals surface area contributed by atoms with Gasteiger partial charge in [0.2, 0.25) is 5.91 Å². The normalized spacial score (nSPS) is 14.1. The molecule has 0 fully saturated rings. The van der Waals surface area contributed by atoms with Crippen LogP contribution in [0, 0.1) is 17.5 Å². The Bertz CT molecular complexity index is 1200. The smallest absolute Gasteiger partial charge is 0.238 e. The average molecular weight is 422 g/mol.